The Morgan fingerprint density at radius 3 is 2.88 bits per heavy atom. The molecule has 0 aliphatic carbocycles. The molecule has 25 heavy (non-hydrogen) atoms. The second-order valence-corrected chi connectivity index (χ2v) is 9.14. The Labute approximate surface area is 149 Å². The summed E-state index contributed by atoms with van der Waals surface area (Å²) in [6, 6.07) is 5.92. The number of thioether (sulfide) groups is 1. The molecule has 2 aromatic rings. The molecule has 0 radical (unpaired) electrons. The first-order valence-electron chi connectivity index (χ1n) is 7.73. The first-order chi connectivity index (χ1) is 11.8. The van der Waals surface area contributed by atoms with Crippen LogP contribution in [0.1, 0.15) is 17.5 Å². The Hall–Kier alpha value is -1.94. The van der Waals surface area contributed by atoms with Gasteiger partial charge < -0.3 is 4.74 Å². The topological polar surface area (TPSA) is 104 Å². The lowest BCUT2D eigenvalue weighted by atomic mass is 10.1. The van der Waals surface area contributed by atoms with Gasteiger partial charge in [-0.05, 0) is 42.3 Å². The largest absolute Gasteiger partial charge is 0.461 e. The van der Waals surface area contributed by atoms with Crippen LogP contribution in [0.2, 0.25) is 0 Å². The highest BCUT2D eigenvalue weighted by molar-refractivity contribution is 7.99. The van der Waals surface area contributed by atoms with Gasteiger partial charge in [-0.3, -0.25) is 4.79 Å². The molecule has 1 saturated heterocycles. The van der Waals surface area contributed by atoms with Gasteiger partial charge in [0.05, 0.1) is 22.9 Å². The van der Waals surface area contributed by atoms with Gasteiger partial charge in [0.1, 0.15) is 6.10 Å². The first kappa shape index (κ1) is 17.9. The van der Waals surface area contributed by atoms with Crippen molar-refractivity contribution in [3.05, 3.63) is 29.3 Å². The molecule has 0 amide bonds. The van der Waals surface area contributed by atoms with E-state index in [2.05, 4.69) is 15.5 Å². The van der Waals surface area contributed by atoms with E-state index in [0.717, 1.165) is 28.6 Å². The zero-order valence-electron chi connectivity index (χ0n) is 13.9. The van der Waals surface area contributed by atoms with E-state index in [1.165, 1.54) is 0 Å². The van der Waals surface area contributed by atoms with Crippen molar-refractivity contribution in [3.8, 4) is 5.69 Å². The zero-order valence-corrected chi connectivity index (χ0v) is 15.5. The number of esters is 1. The zero-order chi connectivity index (χ0) is 18.0. The maximum absolute atomic E-state index is 11.9. The summed E-state index contributed by atoms with van der Waals surface area (Å²) in [6.07, 6.45) is -0.188. The van der Waals surface area contributed by atoms with Crippen LogP contribution in [0.25, 0.3) is 5.69 Å². The van der Waals surface area contributed by atoms with Crippen molar-refractivity contribution in [1.29, 1.82) is 0 Å². The van der Waals surface area contributed by atoms with Gasteiger partial charge in [-0.1, -0.05) is 29.5 Å². The molecule has 0 N–H and O–H groups in total. The summed E-state index contributed by atoms with van der Waals surface area (Å²) >= 11 is 1.16. The van der Waals surface area contributed by atoms with Crippen LogP contribution < -0.4 is 0 Å². The third-order valence-electron chi connectivity index (χ3n) is 3.83. The number of carbonyl (C=O) groups is 1. The molecule has 8 nitrogen and oxygen atoms in total. The van der Waals surface area contributed by atoms with Gasteiger partial charge in [-0.25, -0.2) is 8.42 Å². The summed E-state index contributed by atoms with van der Waals surface area (Å²) in [5.74, 6) is -0.475. The highest BCUT2D eigenvalue weighted by Crippen LogP contribution is 2.22. The van der Waals surface area contributed by atoms with Gasteiger partial charge in [0, 0.05) is 0 Å². The lowest BCUT2D eigenvalue weighted by Gasteiger charge is -2.10. The van der Waals surface area contributed by atoms with Crippen LogP contribution in [-0.4, -0.2) is 58.0 Å². The monoisotopic (exact) mass is 382 g/mol. The Bertz CT molecular complexity index is 895. The van der Waals surface area contributed by atoms with Gasteiger partial charge >= 0.3 is 5.97 Å². The van der Waals surface area contributed by atoms with Gasteiger partial charge in [-0.2, -0.15) is 4.68 Å². The van der Waals surface area contributed by atoms with Gasteiger partial charge in [-0.15, -0.1) is 5.10 Å². The number of aromatic nitrogens is 4. The molecule has 0 bridgehead atoms. The lowest BCUT2D eigenvalue weighted by Crippen LogP contribution is -2.20. The Balaban J connectivity index is 1.63. The molecular weight excluding hydrogens is 364 g/mol. The van der Waals surface area contributed by atoms with Crippen LogP contribution in [0, 0.1) is 13.8 Å². The summed E-state index contributed by atoms with van der Waals surface area (Å²) in [6.45, 7) is 3.97. The molecule has 1 aromatic heterocycles. The van der Waals surface area contributed by atoms with Crippen molar-refractivity contribution in [2.24, 2.45) is 0 Å². The molecule has 2 heterocycles. The number of nitrogens with zero attached hydrogens (tertiary/aromatic N) is 4. The van der Waals surface area contributed by atoms with Crippen LogP contribution in [0.3, 0.4) is 0 Å². The van der Waals surface area contributed by atoms with E-state index < -0.39 is 21.9 Å². The number of hydrogen-bond donors (Lipinski definition) is 0. The van der Waals surface area contributed by atoms with Crippen molar-refractivity contribution in [2.45, 2.75) is 31.5 Å². The Kier molecular flexibility index (Phi) is 5.09. The molecule has 3 rings (SSSR count). The minimum Gasteiger partial charge on any atom is -0.461 e. The van der Waals surface area contributed by atoms with E-state index in [0.29, 0.717) is 11.6 Å². The van der Waals surface area contributed by atoms with E-state index in [1.54, 1.807) is 4.68 Å². The summed E-state index contributed by atoms with van der Waals surface area (Å²) in [4.78, 5) is 11.9. The van der Waals surface area contributed by atoms with E-state index in [4.69, 9.17) is 4.74 Å². The van der Waals surface area contributed by atoms with E-state index in [9.17, 15) is 13.2 Å². The quantitative estimate of drug-likeness (QED) is 0.559. The molecule has 1 atom stereocenters. The maximum atomic E-state index is 11.9. The van der Waals surface area contributed by atoms with E-state index in [-0.39, 0.29) is 17.3 Å². The van der Waals surface area contributed by atoms with Crippen LogP contribution >= 0.6 is 11.8 Å². The fraction of sp³-hybridized carbons (Fsp3) is 0.467. The van der Waals surface area contributed by atoms with Gasteiger partial charge in [0.15, 0.2) is 9.84 Å². The SMILES string of the molecule is Cc1ccc(-n2nnnc2SCC(=O)O[C@@H]2CCS(=O)(=O)C2)c(C)c1. The first-order valence-corrected chi connectivity index (χ1v) is 10.5. The summed E-state index contributed by atoms with van der Waals surface area (Å²) in [7, 11) is -3.07. The molecule has 0 saturated carbocycles. The van der Waals surface area contributed by atoms with Crippen molar-refractivity contribution < 1.29 is 17.9 Å². The molecule has 1 aliphatic heterocycles. The molecule has 1 aliphatic rings. The molecule has 134 valence electrons. The number of ether oxygens (including phenoxy) is 1. The van der Waals surface area contributed by atoms with Crippen LogP contribution in [0.15, 0.2) is 23.4 Å². The predicted octanol–water partition coefficient (Wildman–Crippen LogP) is 1.10. The van der Waals surface area contributed by atoms with Crippen molar-refractivity contribution in [3.63, 3.8) is 0 Å². The third-order valence-corrected chi connectivity index (χ3v) is 6.46. The normalized spacial score (nSPS) is 19.0. The van der Waals surface area contributed by atoms with Crippen molar-refractivity contribution in [2.75, 3.05) is 17.3 Å². The number of tetrazole rings is 1. The van der Waals surface area contributed by atoms with Crippen molar-refractivity contribution >= 4 is 27.6 Å². The third kappa shape index (κ3) is 4.37. The Morgan fingerprint density at radius 2 is 2.20 bits per heavy atom. The number of benzene rings is 1. The fourth-order valence-electron chi connectivity index (χ4n) is 2.66. The van der Waals surface area contributed by atoms with E-state index in [1.807, 2.05) is 32.0 Å². The van der Waals surface area contributed by atoms with Crippen LogP contribution in [0.5, 0.6) is 0 Å². The lowest BCUT2D eigenvalue weighted by molar-refractivity contribution is -0.144. The minimum absolute atomic E-state index is 0.0157. The standard InChI is InChI=1S/C15H18N4O4S2/c1-10-3-4-13(11(2)7-10)19-15(16-17-18-19)24-8-14(20)23-12-5-6-25(21,22)9-12/h3-4,7,12H,5-6,8-9H2,1-2H3/t12-/m1/s1. The van der Waals surface area contributed by atoms with Gasteiger partial charge in [0.2, 0.25) is 5.16 Å². The molecule has 1 aromatic carbocycles. The number of aryl methyl sites for hydroxylation is 2. The van der Waals surface area contributed by atoms with Crippen LogP contribution in [-0.2, 0) is 19.4 Å². The molecule has 0 spiro atoms. The average Bonchev–Trinajstić information content (AvgIpc) is 3.11. The maximum Gasteiger partial charge on any atom is 0.316 e. The minimum atomic E-state index is -3.07. The Morgan fingerprint density at radius 1 is 1.40 bits per heavy atom. The molecule has 0 unspecified atom stereocenters. The number of rotatable bonds is 5. The summed E-state index contributed by atoms with van der Waals surface area (Å²) in [5, 5.41) is 12.1. The predicted molar refractivity (Wildman–Crippen MR) is 92.5 cm³/mol. The number of hydrogen-bond acceptors (Lipinski definition) is 8. The second-order valence-electron chi connectivity index (χ2n) is 5.97. The summed E-state index contributed by atoms with van der Waals surface area (Å²) < 4.78 is 29.6. The number of carbonyl (C=O) groups excluding carboxylic acids is 1. The molecule has 10 heteroatoms. The number of sulfone groups is 1. The molecular formula is C15H18N4O4S2. The second kappa shape index (κ2) is 7.12. The van der Waals surface area contributed by atoms with Crippen molar-refractivity contribution in [1.82, 2.24) is 20.2 Å². The van der Waals surface area contributed by atoms with E-state index >= 15 is 0 Å². The fourth-order valence-corrected chi connectivity index (χ4v) is 4.92. The smallest absolute Gasteiger partial charge is 0.316 e. The molecule has 1 fully saturated rings. The summed E-state index contributed by atoms with van der Waals surface area (Å²) in [5.41, 5.74) is 3.00. The highest BCUT2D eigenvalue weighted by Gasteiger charge is 2.30. The van der Waals surface area contributed by atoms with Gasteiger partial charge in [0.25, 0.3) is 0 Å². The van der Waals surface area contributed by atoms with Crippen LogP contribution in [0.4, 0.5) is 0 Å². The average molecular weight is 382 g/mol. The highest BCUT2D eigenvalue weighted by atomic mass is 32.2.